The number of esters is 2. The van der Waals surface area contributed by atoms with E-state index in [-0.39, 0.29) is 37.0 Å². The lowest BCUT2D eigenvalue weighted by molar-refractivity contribution is -0.568. The molecule has 4 N–H and O–H groups in total. The van der Waals surface area contributed by atoms with E-state index in [0.29, 0.717) is 124 Å². The topological polar surface area (TPSA) is 257 Å². The third kappa shape index (κ3) is 19.1. The quantitative estimate of drug-likeness (QED) is 0.00833. The van der Waals surface area contributed by atoms with E-state index in [2.05, 4.69) is 70.2 Å². The van der Waals surface area contributed by atoms with E-state index in [1.807, 2.05) is 118 Å². The van der Waals surface area contributed by atoms with E-state index in [1.54, 1.807) is 52.0 Å². The number of hydrogen-bond acceptors (Lipinski definition) is 20. The number of carbonyl (C=O) groups excluding carboxylic acids is 2. The number of nitrogen functional groups attached to an aromatic ring is 1. The van der Waals surface area contributed by atoms with Crippen LogP contribution in [0, 0.1) is 0 Å². The van der Waals surface area contributed by atoms with E-state index >= 15 is 0 Å². The number of anilines is 2. The molecule has 2 aliphatic carbocycles. The molecule has 0 amide bonds. The Morgan fingerprint density at radius 2 is 0.969 bits per heavy atom. The molecule has 24 nitrogen and oxygen atoms in total. The van der Waals surface area contributed by atoms with Gasteiger partial charge in [0.05, 0.1) is 74.5 Å². The van der Waals surface area contributed by atoms with Gasteiger partial charge in [0.1, 0.15) is 34.4 Å². The molecule has 2 fully saturated rings. The normalized spacial score (nSPS) is 18.2. The van der Waals surface area contributed by atoms with Crippen LogP contribution >= 0.6 is 23.5 Å². The lowest BCUT2D eigenvalue weighted by Crippen LogP contribution is -2.47. The molecule has 28 heteroatoms. The number of aromatic amines is 2. The fourth-order valence-electron chi connectivity index (χ4n) is 12.3. The molecule has 2 aliphatic rings. The maximum absolute atomic E-state index is 13.6. The number of H-pyrrole nitrogens is 2. The monoisotopic (exact) mass is 1420 g/mol. The van der Waals surface area contributed by atoms with Crippen LogP contribution in [-0.2, 0) is 57.0 Å². The van der Waals surface area contributed by atoms with E-state index in [9.17, 15) is 9.59 Å². The molecule has 0 aliphatic heterocycles. The highest BCUT2D eigenvalue weighted by Gasteiger charge is 2.48. The van der Waals surface area contributed by atoms with Crippen molar-refractivity contribution in [1.82, 2.24) is 39.7 Å². The van der Waals surface area contributed by atoms with Gasteiger partial charge in [0.2, 0.25) is 0 Å². The molecule has 0 saturated heterocycles. The number of nitrogens with two attached hydrogens (primary N) is 1. The van der Waals surface area contributed by atoms with Crippen LogP contribution in [0.15, 0.2) is 108 Å². The van der Waals surface area contributed by atoms with E-state index < -0.39 is 27.3 Å². The van der Waals surface area contributed by atoms with Crippen molar-refractivity contribution in [1.29, 1.82) is 0 Å². The second-order valence-corrected chi connectivity index (χ2v) is 40.1. The number of ether oxygens (including phenoxy) is 10. The average Bonchev–Trinajstić information content (AvgIpc) is 1.48. The highest BCUT2D eigenvalue weighted by atomic mass is 32.2. The van der Waals surface area contributed by atoms with Gasteiger partial charge < -0.3 is 53.1 Å². The molecule has 0 unspecified atom stereocenters. The Kier molecular flexibility index (Phi) is 27.5. The first-order valence-electron chi connectivity index (χ1n) is 33.8. The van der Waals surface area contributed by atoms with Crippen molar-refractivity contribution in [3.63, 3.8) is 0 Å². The number of nitrogens with one attached hydrogen (secondary N) is 2. The fourth-order valence-corrected chi connectivity index (χ4v) is 15.3. The van der Waals surface area contributed by atoms with E-state index in [0.717, 1.165) is 84.0 Å². The van der Waals surface area contributed by atoms with Crippen molar-refractivity contribution in [2.45, 2.75) is 136 Å². The molecule has 0 atom stereocenters. The minimum absolute atomic E-state index is 0.0550. The summed E-state index contributed by atoms with van der Waals surface area (Å²) in [5.41, 5.74) is 13.7. The second kappa shape index (κ2) is 35.7. The SMILES string of the molecule is COCCOC(=O)C1(OCCOC)CCC(c2nc3c(-c4cnn(-c5ccccc5)c4)c[nH][n+]3c(N(COCC[Si](C)(C)C)COCC[Si](C)(C)C)c2SC)CC1.COCCOC(=O)C1(OCCOC)CCC(c2nc3c(-c4cnn(-c5ccccc5)c4)c[nH][n+]3c(N)c2SC)CC1. The Hall–Kier alpha value is -6.55. The van der Waals surface area contributed by atoms with Gasteiger partial charge >= 0.3 is 11.9 Å². The van der Waals surface area contributed by atoms with E-state index in [4.69, 9.17) is 68.2 Å². The van der Waals surface area contributed by atoms with Crippen molar-refractivity contribution in [2.75, 3.05) is 131 Å². The van der Waals surface area contributed by atoms with Gasteiger partial charge in [-0.3, -0.25) is 10.2 Å². The first-order chi connectivity index (χ1) is 47.3. The molecule has 0 bridgehead atoms. The van der Waals surface area contributed by atoms with Crippen LogP contribution in [0.5, 0.6) is 0 Å². The first kappa shape index (κ1) is 75.7. The van der Waals surface area contributed by atoms with Crippen LogP contribution in [0.3, 0.4) is 0 Å². The van der Waals surface area contributed by atoms with Gasteiger partial charge in [-0.25, -0.2) is 23.9 Å². The van der Waals surface area contributed by atoms with Gasteiger partial charge in [0, 0.05) is 106 Å². The Labute approximate surface area is 586 Å². The summed E-state index contributed by atoms with van der Waals surface area (Å²) in [6.07, 6.45) is 20.6. The van der Waals surface area contributed by atoms with Gasteiger partial charge in [-0.2, -0.15) is 10.2 Å². The van der Waals surface area contributed by atoms with Gasteiger partial charge in [0.15, 0.2) is 24.7 Å². The number of para-hydroxylation sites is 2. The Morgan fingerprint density at radius 3 is 1.38 bits per heavy atom. The van der Waals surface area contributed by atoms with Gasteiger partial charge in [0.25, 0.3) is 22.9 Å². The first-order valence-corrected chi connectivity index (χ1v) is 43.6. The number of hydrogen-bond donors (Lipinski definition) is 3. The molecule has 0 spiro atoms. The highest BCUT2D eigenvalue weighted by molar-refractivity contribution is 7.99. The second-order valence-electron chi connectivity index (χ2n) is 27.2. The van der Waals surface area contributed by atoms with Crippen LogP contribution in [0.25, 0.3) is 44.9 Å². The molecular formula is C70H102N12O12S2Si2+2. The molecule has 532 valence electrons. The average molecular weight is 1420 g/mol. The number of methoxy groups -OCH3 is 4. The third-order valence-electron chi connectivity index (χ3n) is 17.9. The summed E-state index contributed by atoms with van der Waals surface area (Å²) in [5.74, 6) is 1.00. The summed E-state index contributed by atoms with van der Waals surface area (Å²) in [6, 6.07) is 22.2. The number of nitrogens with zero attached hydrogens (tertiary/aromatic N) is 9. The van der Waals surface area contributed by atoms with E-state index in [1.165, 1.54) is 0 Å². The minimum Gasteiger partial charge on any atom is -0.461 e. The van der Waals surface area contributed by atoms with Crippen molar-refractivity contribution in [2.24, 2.45) is 0 Å². The minimum atomic E-state index is -1.31. The number of fused-ring (bicyclic) bond motifs is 2. The molecule has 2 aromatic carbocycles. The van der Waals surface area contributed by atoms with Crippen molar-refractivity contribution >= 4 is 74.5 Å². The molecule has 0 radical (unpaired) electrons. The molecule has 98 heavy (non-hydrogen) atoms. The molecule has 6 aromatic heterocycles. The molecular weight excluding hydrogens is 1320 g/mol. The highest BCUT2D eigenvalue weighted by Crippen LogP contribution is 2.46. The summed E-state index contributed by atoms with van der Waals surface area (Å²) in [5, 5.41) is 16.1. The zero-order valence-electron chi connectivity index (χ0n) is 59.3. The van der Waals surface area contributed by atoms with Crippen LogP contribution < -0.4 is 19.7 Å². The van der Waals surface area contributed by atoms with Crippen molar-refractivity contribution in [3.8, 4) is 33.6 Å². The van der Waals surface area contributed by atoms with Crippen molar-refractivity contribution in [3.05, 3.63) is 109 Å². The van der Waals surface area contributed by atoms with Crippen LogP contribution in [-0.4, -0.2) is 199 Å². The van der Waals surface area contributed by atoms with Gasteiger partial charge in [-0.05, 0) is 100 Å². The summed E-state index contributed by atoms with van der Waals surface area (Å²) >= 11 is 3.25. The smallest absolute Gasteiger partial charge is 0.338 e. The number of thioether (sulfide) groups is 2. The van der Waals surface area contributed by atoms with Gasteiger partial charge in [-0.15, -0.1) is 42.5 Å². The Balaban J connectivity index is 0.000000241. The molecule has 2 saturated carbocycles. The maximum atomic E-state index is 13.6. The van der Waals surface area contributed by atoms with Crippen LogP contribution in [0.4, 0.5) is 11.6 Å². The number of aromatic nitrogens is 10. The van der Waals surface area contributed by atoms with Crippen LogP contribution in [0.1, 0.15) is 74.6 Å². The summed E-state index contributed by atoms with van der Waals surface area (Å²) in [4.78, 5) is 41.6. The lowest BCUT2D eigenvalue weighted by atomic mass is 9.77. The zero-order valence-corrected chi connectivity index (χ0v) is 62.9. The zero-order chi connectivity index (χ0) is 69.9. The third-order valence-corrected chi connectivity index (χ3v) is 22.9. The number of rotatable bonds is 35. The fraction of sp³-hybridized carbons (Fsp3) is 0.543. The molecule has 10 rings (SSSR count). The van der Waals surface area contributed by atoms with Crippen molar-refractivity contribution < 1.29 is 66.0 Å². The number of carbonyl (C=O) groups is 2. The lowest BCUT2D eigenvalue weighted by Gasteiger charge is -2.37. The number of benzene rings is 2. The van der Waals surface area contributed by atoms with Crippen LogP contribution in [0.2, 0.25) is 51.4 Å². The Bertz CT molecular complexity index is 3790. The largest absolute Gasteiger partial charge is 0.461 e. The predicted octanol–water partition coefficient (Wildman–Crippen LogP) is 11.0. The molecule has 6 heterocycles. The maximum Gasteiger partial charge on any atom is 0.338 e. The summed E-state index contributed by atoms with van der Waals surface area (Å²) < 4.78 is 64.9. The molecule has 8 aromatic rings. The standard InChI is InChI=1S/C41H64N6O7SSi2.C29H36N6O5S/c1-49-19-21-53-40(48)41(54-22-20-50-2)17-15-32(16-18-41)36-37(55-3)39(45(30-51-23-25-56(4,5)6)31-52-24-26-57(7,8)9)47-38(44-36)35(28-43-47)33-27-42-46(29-33)34-13-11-10-12-14-34;1-37-13-15-39-28(36)29(40-16-14-38-2)11-9-20(10-12-29)24-25(41-3)26(30)35-27(33-24)23(18-32-35)21-17-31-34(19-21)22-7-5-4-6-8-22/h10-14,27-29,32H,15-26,30-31H2,1-9H3;4-8,17-20H,9-16H2,1-3H3,(H2,30,32,33)/p+2. The Morgan fingerprint density at radius 1 is 0.571 bits per heavy atom. The summed E-state index contributed by atoms with van der Waals surface area (Å²) in [7, 11) is 3.79. The summed E-state index contributed by atoms with van der Waals surface area (Å²) in [6.45, 7) is 18.8. The predicted molar refractivity (Wildman–Crippen MR) is 386 cm³/mol. The van der Waals surface area contributed by atoms with Gasteiger partial charge in [-0.1, -0.05) is 75.7 Å².